The van der Waals surface area contributed by atoms with Crippen molar-refractivity contribution < 1.29 is 4.74 Å². The van der Waals surface area contributed by atoms with E-state index in [2.05, 4.69) is 19.9 Å². The van der Waals surface area contributed by atoms with Crippen molar-refractivity contribution in [1.82, 2.24) is 0 Å². The van der Waals surface area contributed by atoms with E-state index in [0.717, 1.165) is 6.42 Å². The Hall–Kier alpha value is -0.550. The summed E-state index contributed by atoms with van der Waals surface area (Å²) in [6, 6.07) is 2.30. The van der Waals surface area contributed by atoms with Crippen LogP contribution in [0.1, 0.15) is 34.1 Å². The molecule has 0 radical (unpaired) electrons. The van der Waals surface area contributed by atoms with E-state index in [1.54, 1.807) is 0 Å². The molecule has 1 aliphatic carbocycles. The Bertz CT molecular complexity index is 206. The molecule has 0 amide bonds. The van der Waals surface area contributed by atoms with E-state index in [0.29, 0.717) is 11.8 Å². The van der Waals surface area contributed by atoms with Crippen LogP contribution in [0.5, 0.6) is 0 Å². The van der Waals surface area contributed by atoms with Gasteiger partial charge in [-0.05, 0) is 26.2 Å². The highest BCUT2D eigenvalue weighted by molar-refractivity contribution is 5.14. The van der Waals surface area contributed by atoms with Crippen molar-refractivity contribution in [2.24, 2.45) is 11.8 Å². The van der Waals surface area contributed by atoms with Crippen LogP contribution >= 0.6 is 0 Å². The van der Waals surface area contributed by atoms with Crippen molar-refractivity contribution in [2.45, 2.75) is 45.8 Å². The van der Waals surface area contributed by atoms with Gasteiger partial charge in [-0.2, -0.15) is 5.26 Å². The van der Waals surface area contributed by atoms with Crippen LogP contribution in [0.25, 0.3) is 0 Å². The predicted octanol–water partition coefficient (Wildman–Crippen LogP) is 2.35. The molecule has 68 valence electrons. The minimum absolute atomic E-state index is 0.152. The molecule has 1 saturated carbocycles. The largest absolute Gasteiger partial charge is 0.357 e. The van der Waals surface area contributed by atoms with Gasteiger partial charge >= 0.3 is 0 Å². The Morgan fingerprint density at radius 3 is 2.33 bits per heavy atom. The first-order valence-corrected chi connectivity index (χ1v) is 4.61. The average molecular weight is 167 g/mol. The van der Waals surface area contributed by atoms with Crippen molar-refractivity contribution in [3.8, 4) is 6.07 Å². The van der Waals surface area contributed by atoms with Crippen molar-refractivity contribution in [1.29, 1.82) is 5.26 Å². The highest BCUT2D eigenvalue weighted by Crippen LogP contribution is 2.46. The van der Waals surface area contributed by atoms with Gasteiger partial charge in [0.2, 0.25) is 0 Å². The number of rotatable bonds is 2. The first kappa shape index (κ1) is 9.54. The predicted molar refractivity (Wildman–Crippen MR) is 47.5 cm³/mol. The summed E-state index contributed by atoms with van der Waals surface area (Å²) in [4.78, 5) is 0. The zero-order valence-electron chi connectivity index (χ0n) is 8.29. The Labute approximate surface area is 74.5 Å². The second kappa shape index (κ2) is 3.06. The molecular weight excluding hydrogens is 150 g/mol. The van der Waals surface area contributed by atoms with Crippen LogP contribution in [0.4, 0.5) is 0 Å². The molecule has 3 atom stereocenters. The molecule has 2 nitrogen and oxygen atoms in total. The van der Waals surface area contributed by atoms with E-state index in [9.17, 15) is 0 Å². The van der Waals surface area contributed by atoms with Gasteiger partial charge in [0.1, 0.15) is 0 Å². The molecule has 2 heteroatoms. The van der Waals surface area contributed by atoms with Crippen molar-refractivity contribution in [3.63, 3.8) is 0 Å². The zero-order valence-corrected chi connectivity index (χ0v) is 8.29. The standard InChI is InChI=1S/C10H17NO/c1-7(2)12-10(6-11)5-8(3)9(10)4/h7-9H,5H2,1-4H3. The summed E-state index contributed by atoms with van der Waals surface area (Å²) in [6.07, 6.45) is 1.04. The molecule has 0 aromatic heterocycles. The minimum atomic E-state index is -0.479. The Morgan fingerprint density at radius 2 is 2.08 bits per heavy atom. The van der Waals surface area contributed by atoms with Gasteiger partial charge in [0, 0.05) is 5.92 Å². The third kappa shape index (κ3) is 1.34. The summed E-state index contributed by atoms with van der Waals surface area (Å²) in [5, 5.41) is 9.00. The van der Waals surface area contributed by atoms with Crippen molar-refractivity contribution in [2.75, 3.05) is 0 Å². The molecule has 1 fully saturated rings. The maximum atomic E-state index is 9.00. The van der Waals surface area contributed by atoms with Gasteiger partial charge in [-0.25, -0.2) is 0 Å². The molecule has 0 aliphatic heterocycles. The van der Waals surface area contributed by atoms with Crippen molar-refractivity contribution in [3.05, 3.63) is 0 Å². The van der Waals surface area contributed by atoms with E-state index in [1.165, 1.54) is 0 Å². The first-order chi connectivity index (χ1) is 5.52. The number of hydrogen-bond donors (Lipinski definition) is 0. The molecule has 3 unspecified atom stereocenters. The van der Waals surface area contributed by atoms with Gasteiger partial charge in [0.15, 0.2) is 5.60 Å². The summed E-state index contributed by atoms with van der Waals surface area (Å²) in [5.74, 6) is 1.01. The monoisotopic (exact) mass is 167 g/mol. The lowest BCUT2D eigenvalue weighted by Crippen LogP contribution is -2.53. The van der Waals surface area contributed by atoms with Crippen LogP contribution in [-0.2, 0) is 4.74 Å². The fraction of sp³-hybridized carbons (Fsp3) is 0.900. The van der Waals surface area contributed by atoms with E-state index >= 15 is 0 Å². The van der Waals surface area contributed by atoms with Gasteiger partial charge in [0.25, 0.3) is 0 Å². The summed E-state index contributed by atoms with van der Waals surface area (Å²) < 4.78 is 5.64. The summed E-state index contributed by atoms with van der Waals surface area (Å²) in [5.41, 5.74) is -0.479. The van der Waals surface area contributed by atoms with E-state index < -0.39 is 5.60 Å². The van der Waals surface area contributed by atoms with Crippen LogP contribution in [0, 0.1) is 23.2 Å². The smallest absolute Gasteiger partial charge is 0.157 e. The number of nitrogens with zero attached hydrogens (tertiary/aromatic N) is 1. The highest BCUT2D eigenvalue weighted by Gasteiger charge is 2.51. The lowest BCUT2D eigenvalue weighted by atomic mass is 9.63. The molecule has 0 N–H and O–H groups in total. The number of ether oxygens (including phenoxy) is 1. The molecule has 1 rings (SSSR count). The third-order valence-corrected chi connectivity index (χ3v) is 2.85. The first-order valence-electron chi connectivity index (χ1n) is 4.61. The molecule has 0 saturated heterocycles. The van der Waals surface area contributed by atoms with E-state index in [4.69, 9.17) is 10.00 Å². The Kier molecular flexibility index (Phi) is 2.44. The topological polar surface area (TPSA) is 33.0 Å². The average Bonchev–Trinajstić information content (AvgIpc) is 2.02. The highest BCUT2D eigenvalue weighted by atomic mass is 16.5. The molecule has 0 bridgehead atoms. The van der Waals surface area contributed by atoms with E-state index in [-0.39, 0.29) is 6.10 Å². The Balaban J connectivity index is 2.63. The lowest BCUT2D eigenvalue weighted by Gasteiger charge is -2.48. The molecule has 12 heavy (non-hydrogen) atoms. The summed E-state index contributed by atoms with van der Waals surface area (Å²) in [6.45, 7) is 8.23. The molecule has 0 aromatic carbocycles. The molecule has 1 aliphatic rings. The zero-order chi connectivity index (χ0) is 9.35. The van der Waals surface area contributed by atoms with Crippen LogP contribution in [0.2, 0.25) is 0 Å². The van der Waals surface area contributed by atoms with Crippen LogP contribution < -0.4 is 0 Å². The van der Waals surface area contributed by atoms with Gasteiger partial charge in [-0.15, -0.1) is 0 Å². The van der Waals surface area contributed by atoms with Gasteiger partial charge in [0.05, 0.1) is 12.2 Å². The maximum absolute atomic E-state index is 9.00. The fourth-order valence-corrected chi connectivity index (χ4v) is 1.89. The summed E-state index contributed by atoms with van der Waals surface area (Å²) in [7, 11) is 0. The van der Waals surface area contributed by atoms with Crippen molar-refractivity contribution >= 4 is 0 Å². The van der Waals surface area contributed by atoms with Crippen LogP contribution in [0.3, 0.4) is 0 Å². The molecule has 0 spiro atoms. The lowest BCUT2D eigenvalue weighted by molar-refractivity contribution is -0.152. The van der Waals surface area contributed by atoms with E-state index in [1.807, 2.05) is 13.8 Å². The molecule has 0 aromatic rings. The Morgan fingerprint density at radius 1 is 1.50 bits per heavy atom. The van der Waals surface area contributed by atoms with Crippen LogP contribution in [-0.4, -0.2) is 11.7 Å². The fourth-order valence-electron chi connectivity index (χ4n) is 1.89. The molecule has 0 heterocycles. The maximum Gasteiger partial charge on any atom is 0.157 e. The normalized spacial score (nSPS) is 40.7. The quantitative estimate of drug-likeness (QED) is 0.632. The number of hydrogen-bond acceptors (Lipinski definition) is 2. The third-order valence-electron chi connectivity index (χ3n) is 2.85. The van der Waals surface area contributed by atoms with Gasteiger partial charge < -0.3 is 4.74 Å². The SMILES string of the molecule is CC(C)OC1(C#N)CC(C)C1C. The van der Waals surface area contributed by atoms with Crippen LogP contribution in [0.15, 0.2) is 0 Å². The number of nitriles is 1. The molecular formula is C10H17NO. The minimum Gasteiger partial charge on any atom is -0.357 e. The van der Waals surface area contributed by atoms with Gasteiger partial charge in [-0.3, -0.25) is 0 Å². The second-order valence-electron chi connectivity index (χ2n) is 4.14. The summed E-state index contributed by atoms with van der Waals surface area (Å²) >= 11 is 0. The second-order valence-corrected chi connectivity index (χ2v) is 4.14. The van der Waals surface area contributed by atoms with Gasteiger partial charge in [-0.1, -0.05) is 13.8 Å².